The van der Waals surface area contributed by atoms with Gasteiger partial charge in [0.05, 0.1) is 6.04 Å². The van der Waals surface area contributed by atoms with Crippen LogP contribution in [0.5, 0.6) is 0 Å². The van der Waals surface area contributed by atoms with Crippen LogP contribution in [0.25, 0.3) is 55.0 Å². The molecule has 0 spiro atoms. The first-order chi connectivity index (χ1) is 19.6. The van der Waals surface area contributed by atoms with Gasteiger partial charge in [0, 0.05) is 40.4 Å². The number of benzene rings is 4. The second-order valence-corrected chi connectivity index (χ2v) is 10.4. The normalized spacial score (nSPS) is 11.3. The molecule has 0 amide bonds. The third-order valence-corrected chi connectivity index (χ3v) is 7.45. The van der Waals surface area contributed by atoms with E-state index in [-0.39, 0.29) is 20.1 Å². The number of para-hydroxylation sites is 2. The number of fused-ring (bicyclic) bond motifs is 6. The average Bonchev–Trinajstić information content (AvgIpc) is 3.70. The molecule has 4 aromatic carbocycles. The van der Waals surface area contributed by atoms with Crippen LogP contribution in [0.1, 0.15) is 25.5 Å². The molecule has 0 unspecified atom stereocenters. The van der Waals surface area contributed by atoms with Crippen LogP contribution in [-0.4, -0.2) is 14.0 Å². The molecule has 5 heteroatoms. The topological polar surface area (TPSA) is 26.1 Å². The van der Waals surface area contributed by atoms with Crippen LogP contribution in [0.3, 0.4) is 0 Å². The smallest absolute Gasteiger partial charge is 0.363 e. The summed E-state index contributed by atoms with van der Waals surface area (Å²) in [5, 5.41) is 5.16. The van der Waals surface area contributed by atoms with E-state index in [1.54, 1.807) is 0 Å². The van der Waals surface area contributed by atoms with Crippen molar-refractivity contribution in [1.29, 1.82) is 0 Å². The van der Waals surface area contributed by atoms with Crippen LogP contribution in [0.2, 0.25) is 0 Å². The van der Waals surface area contributed by atoms with E-state index in [1.807, 2.05) is 54.2 Å². The maximum absolute atomic E-state index is 4.32. The van der Waals surface area contributed by atoms with Crippen molar-refractivity contribution in [3.8, 4) is 16.9 Å². The van der Waals surface area contributed by atoms with Gasteiger partial charge in [0.25, 0.3) is 0 Å². The van der Waals surface area contributed by atoms with E-state index in [4.69, 9.17) is 0 Å². The third kappa shape index (κ3) is 4.71. The van der Waals surface area contributed by atoms with Crippen LogP contribution in [0, 0.1) is 25.4 Å². The van der Waals surface area contributed by atoms with E-state index in [9.17, 15) is 0 Å². The molecule has 0 saturated heterocycles. The van der Waals surface area contributed by atoms with Gasteiger partial charge < -0.3 is 18.5 Å². The van der Waals surface area contributed by atoms with Crippen molar-refractivity contribution in [3.63, 3.8) is 0 Å². The van der Waals surface area contributed by atoms with E-state index < -0.39 is 0 Å². The summed E-state index contributed by atoms with van der Waals surface area (Å²) < 4.78 is 6.48. The number of imidazole rings is 1. The van der Waals surface area contributed by atoms with Crippen LogP contribution in [0.15, 0.2) is 110 Å². The Balaban J connectivity index is 0.000000183. The molecule has 0 atom stereocenters. The fraction of sp³-hybridized carbons (Fsp3) is 0.111. The predicted molar refractivity (Wildman–Crippen MR) is 162 cm³/mol. The average molecular weight is 709 g/mol. The summed E-state index contributed by atoms with van der Waals surface area (Å²) in [6, 6.07) is 38.5. The van der Waals surface area contributed by atoms with Gasteiger partial charge in [-0.2, -0.15) is 18.2 Å². The summed E-state index contributed by atoms with van der Waals surface area (Å²) >= 11 is 0. The van der Waals surface area contributed by atoms with Crippen molar-refractivity contribution < 1.29 is 24.7 Å². The monoisotopic (exact) mass is 709 g/mol. The summed E-state index contributed by atoms with van der Waals surface area (Å²) in [6.07, 6.45) is 9.36. The van der Waals surface area contributed by atoms with Crippen molar-refractivity contribution in [2.24, 2.45) is 0 Å². The Morgan fingerprint density at radius 2 is 1.59 bits per heavy atom. The molecule has 8 rings (SSSR count). The van der Waals surface area contributed by atoms with Crippen molar-refractivity contribution in [2.45, 2.75) is 26.8 Å². The van der Waals surface area contributed by atoms with E-state index in [0.29, 0.717) is 6.04 Å². The van der Waals surface area contributed by atoms with Crippen molar-refractivity contribution in [1.82, 2.24) is 14.0 Å². The first kappa shape index (κ1) is 26.9. The van der Waals surface area contributed by atoms with Gasteiger partial charge in [0.1, 0.15) is 0 Å². The van der Waals surface area contributed by atoms with E-state index in [2.05, 4.69) is 113 Å². The molecule has 0 aliphatic rings. The standard InChI is InChI=1S/C24H18N3.C12H10N.Ir/c1-16(2)25-12-13-26(15-25)17-10-11-23-21(14-17)20-8-5-7-19-18-6-3-4-9-22(18)27(23)24(19)20;1-10-7-8-12(13-9-10)11-5-3-2-4-6-11;/h3-9,11-14,16H,1-2H3;2-5,7-9H,1H3;/q2*-1;+3. The van der Waals surface area contributed by atoms with E-state index in [0.717, 1.165) is 16.9 Å². The Morgan fingerprint density at radius 3 is 2.32 bits per heavy atom. The van der Waals surface area contributed by atoms with Crippen molar-refractivity contribution >= 4 is 38.1 Å². The van der Waals surface area contributed by atoms with E-state index >= 15 is 0 Å². The molecule has 0 N–H and O–H groups in total. The van der Waals surface area contributed by atoms with Crippen LogP contribution in [0.4, 0.5) is 0 Å². The molecular formula is C36H28IrN4+. The number of hydrogen-bond donors (Lipinski definition) is 0. The molecule has 0 fully saturated rings. The summed E-state index contributed by atoms with van der Waals surface area (Å²) in [5.41, 5.74) is 7.97. The maximum Gasteiger partial charge on any atom is 3.00 e. The number of pyridine rings is 1. The molecule has 8 aromatic rings. The quantitative estimate of drug-likeness (QED) is 0.135. The largest absolute Gasteiger partial charge is 3.00 e. The van der Waals surface area contributed by atoms with Gasteiger partial charge in [0.15, 0.2) is 0 Å². The number of hydrogen-bond acceptors (Lipinski definition) is 1. The van der Waals surface area contributed by atoms with Crippen LogP contribution >= 0.6 is 0 Å². The minimum Gasteiger partial charge on any atom is -0.363 e. The Kier molecular flexibility index (Phi) is 7.17. The minimum absolute atomic E-state index is 0. The second-order valence-electron chi connectivity index (χ2n) is 10.4. The summed E-state index contributed by atoms with van der Waals surface area (Å²) in [4.78, 5) is 4.32. The van der Waals surface area contributed by atoms with Crippen LogP contribution < -0.4 is 4.57 Å². The van der Waals surface area contributed by atoms with Gasteiger partial charge in [-0.25, -0.2) is 0 Å². The Labute approximate surface area is 253 Å². The molecule has 0 aliphatic carbocycles. The first-order valence-electron chi connectivity index (χ1n) is 13.6. The Bertz CT molecular complexity index is 2090. The number of aromatic nitrogens is 4. The third-order valence-electron chi connectivity index (χ3n) is 7.45. The number of nitrogens with zero attached hydrogens (tertiary/aromatic N) is 4. The van der Waals surface area contributed by atoms with Crippen LogP contribution in [-0.2, 0) is 20.1 Å². The summed E-state index contributed by atoms with van der Waals surface area (Å²) in [5.74, 6) is 0. The zero-order valence-electron chi connectivity index (χ0n) is 23.1. The van der Waals surface area contributed by atoms with Gasteiger partial charge in [-0.05, 0) is 43.5 Å². The molecule has 0 radical (unpaired) electrons. The molecule has 4 nitrogen and oxygen atoms in total. The van der Waals surface area contributed by atoms with Crippen molar-refractivity contribution in [2.75, 3.05) is 0 Å². The molecule has 200 valence electrons. The molecule has 4 heterocycles. The second kappa shape index (κ2) is 10.9. The minimum atomic E-state index is 0. The van der Waals surface area contributed by atoms with Gasteiger partial charge in [0.2, 0.25) is 6.33 Å². The van der Waals surface area contributed by atoms with Gasteiger partial charge in [-0.3, -0.25) is 0 Å². The molecular weight excluding hydrogens is 681 g/mol. The predicted octanol–water partition coefficient (Wildman–Crippen LogP) is 7.95. The maximum atomic E-state index is 4.32. The zero-order valence-corrected chi connectivity index (χ0v) is 25.5. The SMILES string of the molecule is CC(C)[n+]1[c-]n(-c2[c-]cc3c(c2)c2cccc4c5ccccc5n3c24)cc1.Cc1ccc(-c2[c-]cccc2)nc1.[Ir+3]. The molecule has 0 bridgehead atoms. The molecule has 0 aliphatic heterocycles. The fourth-order valence-electron chi connectivity index (χ4n) is 5.43. The fourth-order valence-corrected chi connectivity index (χ4v) is 5.43. The van der Waals surface area contributed by atoms with Crippen molar-refractivity contribution in [3.05, 3.63) is 134 Å². The summed E-state index contributed by atoms with van der Waals surface area (Å²) in [7, 11) is 0. The number of rotatable bonds is 3. The Hall–Kier alpha value is -4.31. The number of aryl methyl sites for hydroxylation is 1. The first-order valence-corrected chi connectivity index (χ1v) is 13.6. The summed E-state index contributed by atoms with van der Waals surface area (Å²) in [6.45, 7) is 6.35. The molecule has 41 heavy (non-hydrogen) atoms. The van der Waals surface area contributed by atoms with E-state index in [1.165, 1.54) is 43.7 Å². The molecule has 0 saturated carbocycles. The van der Waals surface area contributed by atoms with Gasteiger partial charge in [-0.1, -0.05) is 59.7 Å². The van der Waals surface area contributed by atoms with Gasteiger partial charge >= 0.3 is 20.1 Å². The zero-order chi connectivity index (χ0) is 27.2. The molecule has 4 aromatic heterocycles. The van der Waals surface area contributed by atoms with Gasteiger partial charge in [-0.15, -0.1) is 41.3 Å². The Morgan fingerprint density at radius 1 is 0.805 bits per heavy atom.